The standard InChI is InChI=1S/C8H10N/c1-6-4-8(3)9-5-7(6)2/h4-5H,1H2,2-3H3. The Labute approximate surface area is 55.7 Å². The van der Waals surface area contributed by atoms with E-state index < -0.39 is 0 Å². The average Bonchev–Trinajstić information content (AvgIpc) is 1.80. The first-order valence-corrected chi connectivity index (χ1v) is 2.95. The fourth-order valence-corrected chi connectivity index (χ4v) is 0.685. The Hall–Kier alpha value is -0.850. The lowest BCUT2D eigenvalue weighted by atomic mass is 10.2. The van der Waals surface area contributed by atoms with Crippen LogP contribution in [0.5, 0.6) is 0 Å². The fourth-order valence-electron chi connectivity index (χ4n) is 0.685. The predicted octanol–water partition coefficient (Wildman–Crippen LogP) is 1.88. The van der Waals surface area contributed by atoms with Gasteiger partial charge < -0.3 is 0 Å². The van der Waals surface area contributed by atoms with Crippen molar-refractivity contribution >= 4 is 0 Å². The first kappa shape index (κ1) is 6.27. The van der Waals surface area contributed by atoms with Crippen molar-refractivity contribution in [3.63, 3.8) is 0 Å². The smallest absolute Gasteiger partial charge is 0.0375 e. The molecular formula is C8H10N. The van der Waals surface area contributed by atoms with E-state index in [9.17, 15) is 0 Å². The molecule has 0 aliphatic carbocycles. The molecule has 0 amide bonds. The van der Waals surface area contributed by atoms with Gasteiger partial charge in [0, 0.05) is 11.9 Å². The first-order chi connectivity index (χ1) is 4.20. The molecule has 0 aliphatic rings. The Balaban J connectivity index is 3.17. The van der Waals surface area contributed by atoms with Gasteiger partial charge in [0.15, 0.2) is 0 Å². The van der Waals surface area contributed by atoms with Gasteiger partial charge in [0.05, 0.1) is 0 Å². The van der Waals surface area contributed by atoms with E-state index in [4.69, 9.17) is 0 Å². The lowest BCUT2D eigenvalue weighted by Gasteiger charge is -1.97. The highest BCUT2D eigenvalue weighted by Crippen LogP contribution is 2.04. The third-order valence-corrected chi connectivity index (χ3v) is 1.35. The number of aromatic nitrogens is 1. The van der Waals surface area contributed by atoms with E-state index in [1.165, 1.54) is 0 Å². The van der Waals surface area contributed by atoms with Crippen LogP contribution in [0.1, 0.15) is 16.8 Å². The summed E-state index contributed by atoms with van der Waals surface area (Å²) in [4.78, 5) is 4.10. The van der Waals surface area contributed by atoms with Crippen LogP contribution in [0.15, 0.2) is 12.3 Å². The van der Waals surface area contributed by atoms with Crippen LogP contribution < -0.4 is 0 Å². The predicted molar refractivity (Wildman–Crippen MR) is 38.2 cm³/mol. The van der Waals surface area contributed by atoms with Crippen LogP contribution in [0, 0.1) is 20.8 Å². The van der Waals surface area contributed by atoms with Crippen LogP contribution >= 0.6 is 0 Å². The molecule has 1 aromatic rings. The van der Waals surface area contributed by atoms with Crippen molar-refractivity contribution in [2.75, 3.05) is 0 Å². The maximum absolute atomic E-state index is 4.10. The van der Waals surface area contributed by atoms with E-state index in [0.29, 0.717) is 0 Å². The highest BCUT2D eigenvalue weighted by molar-refractivity contribution is 5.26. The van der Waals surface area contributed by atoms with Gasteiger partial charge in [-0.2, -0.15) is 0 Å². The lowest BCUT2D eigenvalue weighted by molar-refractivity contribution is 1.16. The molecule has 0 N–H and O–H groups in total. The molecule has 0 fully saturated rings. The topological polar surface area (TPSA) is 12.9 Å². The van der Waals surface area contributed by atoms with Crippen LogP contribution in [0.25, 0.3) is 0 Å². The van der Waals surface area contributed by atoms with Gasteiger partial charge in [-0.15, -0.1) is 0 Å². The van der Waals surface area contributed by atoms with Crippen molar-refractivity contribution in [3.05, 3.63) is 36.0 Å². The van der Waals surface area contributed by atoms with Crippen LogP contribution in [0.2, 0.25) is 0 Å². The zero-order valence-electron chi connectivity index (χ0n) is 5.81. The van der Waals surface area contributed by atoms with Crippen molar-refractivity contribution in [2.45, 2.75) is 13.8 Å². The van der Waals surface area contributed by atoms with Crippen LogP contribution in [-0.4, -0.2) is 4.98 Å². The molecular weight excluding hydrogens is 110 g/mol. The highest BCUT2D eigenvalue weighted by Gasteiger charge is 1.90. The Kier molecular flexibility index (Phi) is 1.52. The zero-order chi connectivity index (χ0) is 6.85. The second kappa shape index (κ2) is 2.18. The van der Waals surface area contributed by atoms with Gasteiger partial charge in [-0.1, -0.05) is 0 Å². The van der Waals surface area contributed by atoms with Gasteiger partial charge in [-0.3, -0.25) is 4.98 Å². The summed E-state index contributed by atoms with van der Waals surface area (Å²) >= 11 is 0. The van der Waals surface area contributed by atoms with Crippen LogP contribution in [-0.2, 0) is 0 Å². The Morgan fingerprint density at radius 2 is 2.11 bits per heavy atom. The maximum Gasteiger partial charge on any atom is 0.0375 e. The number of aryl methyl sites for hydroxylation is 2. The number of hydrogen-bond donors (Lipinski definition) is 0. The van der Waals surface area contributed by atoms with Gasteiger partial charge in [0.25, 0.3) is 0 Å². The number of hydrogen-bond acceptors (Lipinski definition) is 1. The van der Waals surface area contributed by atoms with Gasteiger partial charge in [0.1, 0.15) is 0 Å². The minimum atomic E-state index is 1.03. The van der Waals surface area contributed by atoms with Crippen LogP contribution in [0.3, 0.4) is 0 Å². The molecule has 0 aliphatic heterocycles. The number of rotatable bonds is 0. The summed E-state index contributed by atoms with van der Waals surface area (Å²) in [6.45, 7) is 7.82. The Bertz CT molecular complexity index is 216. The molecule has 0 saturated carbocycles. The SMILES string of the molecule is [CH2]c1cc(C)ncc1C. The summed E-state index contributed by atoms with van der Waals surface area (Å²) in [5.41, 5.74) is 3.26. The van der Waals surface area contributed by atoms with E-state index in [0.717, 1.165) is 16.8 Å². The fraction of sp³-hybridized carbons (Fsp3) is 0.250. The molecule has 1 heteroatoms. The lowest BCUT2D eigenvalue weighted by Crippen LogP contribution is -1.85. The Morgan fingerprint density at radius 1 is 1.44 bits per heavy atom. The van der Waals surface area contributed by atoms with Crippen molar-refractivity contribution in [2.24, 2.45) is 0 Å². The maximum atomic E-state index is 4.10. The van der Waals surface area contributed by atoms with Gasteiger partial charge in [-0.25, -0.2) is 0 Å². The summed E-state index contributed by atoms with van der Waals surface area (Å²) in [6, 6.07) is 1.98. The Morgan fingerprint density at radius 3 is 2.56 bits per heavy atom. The summed E-state index contributed by atoms with van der Waals surface area (Å²) < 4.78 is 0. The molecule has 1 radical (unpaired) electrons. The third-order valence-electron chi connectivity index (χ3n) is 1.35. The molecule has 0 bridgehead atoms. The van der Waals surface area contributed by atoms with Crippen LogP contribution in [0.4, 0.5) is 0 Å². The molecule has 0 aromatic carbocycles. The minimum Gasteiger partial charge on any atom is -0.261 e. The zero-order valence-corrected chi connectivity index (χ0v) is 5.81. The van der Waals surface area contributed by atoms with E-state index in [2.05, 4.69) is 11.9 Å². The van der Waals surface area contributed by atoms with E-state index in [-0.39, 0.29) is 0 Å². The van der Waals surface area contributed by atoms with Crippen molar-refractivity contribution in [3.8, 4) is 0 Å². The molecule has 47 valence electrons. The third kappa shape index (κ3) is 1.28. The average molecular weight is 120 g/mol. The van der Waals surface area contributed by atoms with E-state index in [1.54, 1.807) is 0 Å². The van der Waals surface area contributed by atoms with E-state index in [1.807, 2.05) is 26.1 Å². The molecule has 9 heavy (non-hydrogen) atoms. The molecule has 0 atom stereocenters. The van der Waals surface area contributed by atoms with Gasteiger partial charge in [-0.05, 0) is 38.0 Å². The van der Waals surface area contributed by atoms with Gasteiger partial charge >= 0.3 is 0 Å². The molecule has 0 spiro atoms. The summed E-state index contributed by atoms with van der Waals surface area (Å²) in [7, 11) is 0. The summed E-state index contributed by atoms with van der Waals surface area (Å²) in [6.07, 6.45) is 1.84. The number of nitrogens with zero attached hydrogens (tertiary/aromatic N) is 1. The monoisotopic (exact) mass is 120 g/mol. The minimum absolute atomic E-state index is 1.03. The highest BCUT2D eigenvalue weighted by atomic mass is 14.7. The van der Waals surface area contributed by atoms with E-state index >= 15 is 0 Å². The van der Waals surface area contributed by atoms with Crippen molar-refractivity contribution < 1.29 is 0 Å². The first-order valence-electron chi connectivity index (χ1n) is 2.95. The normalized spacial score (nSPS) is 9.67. The molecule has 1 nitrogen and oxygen atoms in total. The largest absolute Gasteiger partial charge is 0.261 e. The molecule has 0 unspecified atom stereocenters. The molecule has 1 heterocycles. The quantitative estimate of drug-likeness (QED) is 0.509. The number of pyridine rings is 1. The molecule has 1 rings (SSSR count). The molecule has 1 aromatic heterocycles. The second-order valence-corrected chi connectivity index (χ2v) is 2.25. The molecule has 0 saturated heterocycles. The van der Waals surface area contributed by atoms with Crippen molar-refractivity contribution in [1.29, 1.82) is 0 Å². The summed E-state index contributed by atoms with van der Waals surface area (Å²) in [5.74, 6) is 0. The van der Waals surface area contributed by atoms with Crippen molar-refractivity contribution in [1.82, 2.24) is 4.98 Å². The summed E-state index contributed by atoms with van der Waals surface area (Å²) in [5, 5.41) is 0. The van der Waals surface area contributed by atoms with Gasteiger partial charge in [0.2, 0.25) is 0 Å². The second-order valence-electron chi connectivity index (χ2n) is 2.25.